The van der Waals surface area contributed by atoms with Crippen LogP contribution in [0.25, 0.3) is 0 Å². The molecule has 6 heteroatoms. The number of aliphatic hydroxyl groups excluding tert-OH is 1. The average molecular weight is 282 g/mol. The number of carbonyl (C=O) groups is 1. The molecular weight excluding hydrogens is 264 g/mol. The van der Waals surface area contributed by atoms with Crippen LogP contribution in [0.2, 0.25) is 0 Å². The molecule has 0 bridgehead atoms. The Morgan fingerprint density at radius 1 is 1.42 bits per heavy atom. The lowest BCUT2D eigenvalue weighted by atomic mass is 9.75. The number of rotatable bonds is 1. The van der Waals surface area contributed by atoms with Gasteiger partial charge in [0.2, 0.25) is 5.78 Å². The maximum absolute atomic E-state index is 12.2. The largest absolute Gasteiger partial charge is 0.384 e. The van der Waals surface area contributed by atoms with Gasteiger partial charge in [-0.3, -0.25) is 4.79 Å². The number of aromatic nitrogens is 1. The van der Waals surface area contributed by atoms with Crippen LogP contribution in [-0.2, 0) is 11.2 Å². The zero-order chi connectivity index (χ0) is 13.6. The fraction of sp³-hybridized carbons (Fsp3) is 0.692. The first-order valence-electron chi connectivity index (χ1n) is 6.54. The first kappa shape index (κ1) is 13.0. The van der Waals surface area contributed by atoms with E-state index in [1.54, 1.807) is 0 Å². The van der Waals surface area contributed by atoms with Crippen molar-refractivity contribution in [2.24, 2.45) is 5.41 Å². The highest BCUT2D eigenvalue weighted by molar-refractivity contribution is 7.17. The Morgan fingerprint density at radius 2 is 2.11 bits per heavy atom. The van der Waals surface area contributed by atoms with Gasteiger partial charge < -0.3 is 14.7 Å². The smallest absolute Gasteiger partial charge is 0.203 e. The zero-order valence-corrected chi connectivity index (χ0v) is 12.0. The number of aliphatic hydroxyl groups is 1. The van der Waals surface area contributed by atoms with E-state index in [9.17, 15) is 9.90 Å². The molecule has 1 atom stereocenters. The van der Waals surface area contributed by atoms with Crippen molar-refractivity contribution >= 4 is 22.3 Å². The number of ether oxygens (including phenoxy) is 1. The number of ketones is 1. The lowest BCUT2D eigenvalue weighted by Crippen LogP contribution is -2.42. The van der Waals surface area contributed by atoms with Crippen molar-refractivity contribution < 1.29 is 14.6 Å². The van der Waals surface area contributed by atoms with Crippen molar-refractivity contribution in [3.05, 3.63) is 10.6 Å². The zero-order valence-electron chi connectivity index (χ0n) is 11.2. The Kier molecular flexibility index (Phi) is 3.11. The predicted molar refractivity (Wildman–Crippen MR) is 73.0 cm³/mol. The van der Waals surface area contributed by atoms with Crippen LogP contribution in [0.1, 0.15) is 29.2 Å². The van der Waals surface area contributed by atoms with Gasteiger partial charge in [-0.2, -0.15) is 0 Å². The molecule has 1 aliphatic heterocycles. The number of hydrogen-bond donors (Lipinski definition) is 1. The van der Waals surface area contributed by atoms with Gasteiger partial charge in [0.05, 0.1) is 23.8 Å². The Hall–Kier alpha value is -0.980. The molecule has 1 aromatic rings. The van der Waals surface area contributed by atoms with E-state index in [4.69, 9.17) is 4.74 Å². The second-order valence-corrected chi connectivity index (χ2v) is 6.78. The van der Waals surface area contributed by atoms with Gasteiger partial charge in [-0.05, 0) is 6.42 Å². The van der Waals surface area contributed by atoms with E-state index >= 15 is 0 Å². The summed E-state index contributed by atoms with van der Waals surface area (Å²) in [7, 11) is 0. The third-order valence-electron chi connectivity index (χ3n) is 3.80. The van der Waals surface area contributed by atoms with Gasteiger partial charge in [0.25, 0.3) is 0 Å². The highest BCUT2D eigenvalue weighted by atomic mass is 32.1. The molecule has 19 heavy (non-hydrogen) atoms. The quantitative estimate of drug-likeness (QED) is 0.836. The normalized spacial score (nSPS) is 26.4. The number of thiazole rings is 1. The summed E-state index contributed by atoms with van der Waals surface area (Å²) in [6.45, 7) is 6.84. The van der Waals surface area contributed by atoms with E-state index in [1.165, 1.54) is 11.3 Å². The fourth-order valence-corrected chi connectivity index (χ4v) is 3.65. The number of Topliss-reactive ketones (excluding diaryl/α,β-unsaturated/α-hetero) is 1. The highest BCUT2D eigenvalue weighted by Gasteiger charge is 2.42. The van der Waals surface area contributed by atoms with Crippen molar-refractivity contribution in [3.63, 3.8) is 0 Å². The third kappa shape index (κ3) is 2.17. The summed E-state index contributed by atoms with van der Waals surface area (Å²) < 4.78 is 5.32. The minimum atomic E-state index is -0.919. The molecule has 1 unspecified atom stereocenters. The standard InChI is InChI=1S/C13H18N2O3S/c1-13(2)7-8-10(9(16)11(13)17)19-12(14-8)15-3-5-18-6-4-15/h11,17H,3-7H2,1-2H3. The maximum Gasteiger partial charge on any atom is 0.203 e. The summed E-state index contributed by atoms with van der Waals surface area (Å²) in [5.41, 5.74) is 0.409. The maximum atomic E-state index is 12.2. The lowest BCUT2D eigenvalue weighted by molar-refractivity contribution is 0.0340. The van der Waals surface area contributed by atoms with E-state index in [1.807, 2.05) is 13.8 Å². The Balaban J connectivity index is 1.93. The summed E-state index contributed by atoms with van der Waals surface area (Å²) in [5.74, 6) is -0.178. The Morgan fingerprint density at radius 3 is 2.79 bits per heavy atom. The van der Waals surface area contributed by atoms with E-state index in [0.717, 1.165) is 23.9 Å². The highest BCUT2D eigenvalue weighted by Crippen LogP contribution is 2.39. The second kappa shape index (κ2) is 4.54. The van der Waals surface area contributed by atoms with Crippen LogP contribution < -0.4 is 4.90 Å². The van der Waals surface area contributed by atoms with Crippen LogP contribution in [0.4, 0.5) is 5.13 Å². The molecule has 1 fully saturated rings. The van der Waals surface area contributed by atoms with Crippen LogP contribution in [0.3, 0.4) is 0 Å². The summed E-state index contributed by atoms with van der Waals surface area (Å²) in [6, 6.07) is 0. The van der Waals surface area contributed by atoms with Gasteiger partial charge in [-0.1, -0.05) is 25.2 Å². The SMILES string of the molecule is CC1(C)Cc2nc(N3CCOCC3)sc2C(=O)C1O. The van der Waals surface area contributed by atoms with Crippen molar-refractivity contribution in [1.82, 2.24) is 4.98 Å². The van der Waals surface area contributed by atoms with E-state index in [2.05, 4.69) is 9.88 Å². The number of hydrogen-bond acceptors (Lipinski definition) is 6. The number of nitrogens with zero attached hydrogens (tertiary/aromatic N) is 2. The molecule has 0 radical (unpaired) electrons. The monoisotopic (exact) mass is 282 g/mol. The molecule has 0 aromatic carbocycles. The molecule has 0 amide bonds. The van der Waals surface area contributed by atoms with Crippen molar-refractivity contribution in [1.29, 1.82) is 0 Å². The first-order valence-corrected chi connectivity index (χ1v) is 7.35. The summed E-state index contributed by atoms with van der Waals surface area (Å²) >= 11 is 1.40. The number of fused-ring (bicyclic) bond motifs is 1. The van der Waals surface area contributed by atoms with Crippen LogP contribution in [0, 0.1) is 5.41 Å². The van der Waals surface area contributed by atoms with Gasteiger partial charge >= 0.3 is 0 Å². The molecule has 1 N–H and O–H groups in total. The Labute approximate surface area is 116 Å². The second-order valence-electron chi connectivity index (χ2n) is 5.80. The van der Waals surface area contributed by atoms with E-state index in [-0.39, 0.29) is 5.78 Å². The molecule has 3 rings (SSSR count). The third-order valence-corrected chi connectivity index (χ3v) is 4.98. The predicted octanol–water partition coefficient (Wildman–Crippen LogP) is 1.11. The van der Waals surface area contributed by atoms with Crippen LogP contribution >= 0.6 is 11.3 Å². The van der Waals surface area contributed by atoms with Crippen LogP contribution in [0.15, 0.2) is 0 Å². The first-order chi connectivity index (χ1) is 8.99. The summed E-state index contributed by atoms with van der Waals surface area (Å²) in [6.07, 6.45) is -0.270. The molecule has 5 nitrogen and oxygen atoms in total. The van der Waals surface area contributed by atoms with Crippen molar-refractivity contribution in [2.75, 3.05) is 31.2 Å². The van der Waals surface area contributed by atoms with Gasteiger partial charge in [0.15, 0.2) is 5.13 Å². The molecule has 1 saturated heterocycles. The molecule has 1 aromatic heterocycles. The van der Waals surface area contributed by atoms with Crippen LogP contribution in [-0.4, -0.2) is 48.3 Å². The van der Waals surface area contributed by atoms with Crippen molar-refractivity contribution in [3.8, 4) is 0 Å². The van der Waals surface area contributed by atoms with Crippen molar-refractivity contribution in [2.45, 2.75) is 26.4 Å². The number of morpholine rings is 1. The minimum Gasteiger partial charge on any atom is -0.384 e. The molecule has 1 aliphatic carbocycles. The Bertz CT molecular complexity index is 506. The fourth-order valence-electron chi connectivity index (χ4n) is 2.55. The molecule has 104 valence electrons. The minimum absolute atomic E-state index is 0.178. The molecule has 0 saturated carbocycles. The molecular formula is C13H18N2O3S. The van der Waals surface area contributed by atoms with Gasteiger partial charge in [0, 0.05) is 18.5 Å². The van der Waals surface area contributed by atoms with Crippen LogP contribution in [0.5, 0.6) is 0 Å². The molecule has 2 aliphatic rings. The lowest BCUT2D eigenvalue weighted by Gasteiger charge is -2.32. The van der Waals surface area contributed by atoms with E-state index in [0.29, 0.717) is 24.5 Å². The van der Waals surface area contributed by atoms with Gasteiger partial charge in [-0.25, -0.2) is 4.98 Å². The van der Waals surface area contributed by atoms with Gasteiger partial charge in [-0.15, -0.1) is 0 Å². The summed E-state index contributed by atoms with van der Waals surface area (Å²) in [4.78, 5) is 19.6. The van der Waals surface area contributed by atoms with Gasteiger partial charge in [0.1, 0.15) is 6.10 Å². The topological polar surface area (TPSA) is 62.7 Å². The molecule has 0 spiro atoms. The molecule has 2 heterocycles. The number of anilines is 1. The van der Waals surface area contributed by atoms with E-state index < -0.39 is 11.5 Å². The number of carbonyl (C=O) groups excluding carboxylic acids is 1. The average Bonchev–Trinajstić information content (AvgIpc) is 2.80. The summed E-state index contributed by atoms with van der Waals surface area (Å²) in [5, 5.41) is 10.9.